The zero-order valence-electron chi connectivity index (χ0n) is 55.7. The lowest BCUT2D eigenvalue weighted by atomic mass is 9.52. The van der Waals surface area contributed by atoms with E-state index in [0.29, 0.717) is 33.5 Å². The fourth-order valence-corrected chi connectivity index (χ4v) is 23.0. The highest BCUT2D eigenvalue weighted by Gasteiger charge is 2.65. The van der Waals surface area contributed by atoms with Gasteiger partial charge in [-0.15, -0.1) is 0 Å². The lowest BCUT2D eigenvalue weighted by Crippen LogP contribution is -2.43. The Bertz CT molecular complexity index is 3040. The van der Waals surface area contributed by atoms with E-state index in [4.69, 9.17) is 0 Å². The van der Waals surface area contributed by atoms with E-state index in [0.717, 1.165) is 70.5 Å². The molecule has 12 atom stereocenters. The first kappa shape index (κ1) is 58.1. The summed E-state index contributed by atoms with van der Waals surface area (Å²) in [4.78, 5) is 0. The molecule has 444 valence electrons. The molecule has 0 nitrogen and oxygen atoms in total. The maximum Gasteiger partial charge on any atom is 0.0305 e. The van der Waals surface area contributed by atoms with Gasteiger partial charge >= 0.3 is 0 Å². The van der Waals surface area contributed by atoms with Crippen LogP contribution >= 0.6 is 0 Å². The van der Waals surface area contributed by atoms with Crippen LogP contribution in [-0.4, -0.2) is 0 Å². The third-order valence-electron chi connectivity index (χ3n) is 30.2. The van der Waals surface area contributed by atoms with Gasteiger partial charge in [0.05, 0.1) is 0 Å². The van der Waals surface area contributed by atoms with E-state index in [1.165, 1.54) is 92.9 Å². The van der Waals surface area contributed by atoms with Crippen LogP contribution in [-0.2, 0) is 0 Å². The number of hydrogen-bond acceptors (Lipinski definition) is 0. The van der Waals surface area contributed by atoms with Gasteiger partial charge in [0.2, 0.25) is 0 Å². The van der Waals surface area contributed by atoms with Crippen molar-refractivity contribution in [1.82, 2.24) is 0 Å². The molecule has 0 radical (unpaired) electrons. The Balaban J connectivity index is 0.0000000938. The Kier molecular flexibility index (Phi) is 14.6. The van der Waals surface area contributed by atoms with Gasteiger partial charge in [0.1, 0.15) is 0 Å². The topological polar surface area (TPSA) is 0 Å². The molecule has 20 aliphatic carbocycles. The van der Waals surface area contributed by atoms with Crippen molar-refractivity contribution in [1.29, 1.82) is 0 Å². The van der Waals surface area contributed by atoms with Crippen LogP contribution in [0, 0.1) is 80.3 Å². The van der Waals surface area contributed by atoms with Crippen LogP contribution in [0.5, 0.6) is 0 Å². The van der Waals surface area contributed by atoms with E-state index < -0.39 is 0 Å². The predicted molar refractivity (Wildman–Crippen MR) is 354 cm³/mol. The van der Waals surface area contributed by atoms with Crippen LogP contribution in [0.2, 0.25) is 0 Å². The van der Waals surface area contributed by atoms with Gasteiger partial charge in [-0.3, -0.25) is 0 Å². The molecular weight excluding hydrogens is 997 g/mol. The minimum absolute atomic E-state index is 0.472. The minimum Gasteiger partial charge on any atom is -0.0710 e. The normalized spacial score (nSPS) is 40.8. The molecule has 0 heteroatoms. The van der Waals surface area contributed by atoms with E-state index in [9.17, 15) is 0 Å². The second kappa shape index (κ2) is 20.9. The van der Waals surface area contributed by atoms with Gasteiger partial charge in [0.15, 0.2) is 0 Å². The van der Waals surface area contributed by atoms with Crippen molar-refractivity contribution in [3.05, 3.63) is 173 Å². The predicted octanol–water partition coefficient (Wildman–Crippen LogP) is 23.9. The molecule has 15 bridgehead atoms. The highest BCUT2D eigenvalue weighted by Crippen LogP contribution is 2.74. The highest BCUT2D eigenvalue weighted by atomic mass is 14.7. The highest BCUT2D eigenvalue weighted by molar-refractivity contribution is 5.64. The number of hydrogen-bond donors (Lipinski definition) is 0. The average Bonchev–Trinajstić information content (AvgIpc) is 1.75. The summed E-state index contributed by atoms with van der Waals surface area (Å²) >= 11 is 0. The van der Waals surface area contributed by atoms with Crippen molar-refractivity contribution in [2.24, 2.45) is 80.3 Å². The molecule has 3 aromatic carbocycles. The Morgan fingerprint density at radius 2 is 0.687 bits per heavy atom. The Morgan fingerprint density at radius 1 is 0.313 bits per heavy atom. The molecule has 20 aliphatic rings. The summed E-state index contributed by atoms with van der Waals surface area (Å²) in [6.45, 7) is 40.5. The summed E-state index contributed by atoms with van der Waals surface area (Å²) in [5, 5.41) is 0. The summed E-state index contributed by atoms with van der Waals surface area (Å²) in [5.41, 5.74) is 32.6. The van der Waals surface area contributed by atoms with Crippen molar-refractivity contribution in [2.75, 3.05) is 0 Å². The van der Waals surface area contributed by atoms with Crippen molar-refractivity contribution in [3.8, 4) is 0 Å². The van der Waals surface area contributed by atoms with E-state index in [1.807, 2.05) is 0 Å². The Hall–Kier alpha value is -3.90. The molecule has 0 aliphatic heterocycles. The largest absolute Gasteiger partial charge is 0.0710 e. The smallest absolute Gasteiger partial charge is 0.0305 e. The molecule has 0 aromatic heterocycles. The van der Waals surface area contributed by atoms with Gasteiger partial charge in [-0.1, -0.05) is 174 Å². The molecule has 0 amide bonds. The van der Waals surface area contributed by atoms with Crippen molar-refractivity contribution < 1.29 is 0 Å². The van der Waals surface area contributed by atoms with Gasteiger partial charge in [-0.2, -0.15) is 0 Å². The molecule has 8 fully saturated rings. The summed E-state index contributed by atoms with van der Waals surface area (Å²) in [6, 6.07) is 26.9. The maximum absolute atomic E-state index is 2.46. The number of allylic oxidation sites excluding steroid dienone is 12. The van der Waals surface area contributed by atoms with Crippen molar-refractivity contribution in [3.63, 3.8) is 0 Å². The quantitative estimate of drug-likeness (QED) is 0.197. The molecule has 83 heavy (non-hydrogen) atoms. The second-order valence-electron chi connectivity index (χ2n) is 33.2. The van der Waals surface area contributed by atoms with Gasteiger partial charge in [0, 0.05) is 23.7 Å². The summed E-state index contributed by atoms with van der Waals surface area (Å²) in [5.74, 6) is 11.9. The molecule has 0 saturated heterocycles. The minimum atomic E-state index is 0.472. The molecule has 23 rings (SSSR count). The van der Waals surface area contributed by atoms with Gasteiger partial charge in [0.25, 0.3) is 0 Å². The standard InChI is InChI=1S/C18H16.C14H20.C14H16.C13H22.C12H18.C12H20/c1-11-12(2)18-15-9-5-3-7-13(15)17(11)14-8-4-6-10-16(14)18;1-8-9(2)11-4-13-5-12-3-10(8)6-14(12,13)7-11;1-9-10(2)12-8-7-11(9)13-5-3-4-6-14(12)13;1-9-10(2)13(5)7-6-11(8-13)12(9,3)4;1-7-8(2)12-6-9-3-4-10(12)5-11(7)9;1-9-10(2)12(4)7-5-11(9,3)6-8-12/h3-10,17-18H,1-2H3;10-13H,3-7H2,1-2H3;3-6,11-12H,7-8H2,1-2H3;11H,6-8H2,1-5H3;9-12H,3-6H2,1-2H3;5-8H2,1-4H3. The lowest BCUT2D eigenvalue weighted by Gasteiger charge is -2.53. The van der Waals surface area contributed by atoms with E-state index >= 15 is 0 Å². The molecular formula is C83H112. The third kappa shape index (κ3) is 9.01. The number of benzene rings is 3. The van der Waals surface area contributed by atoms with Crippen molar-refractivity contribution in [2.45, 2.75) is 257 Å². The second-order valence-corrected chi connectivity index (χ2v) is 33.2. The van der Waals surface area contributed by atoms with Gasteiger partial charge < -0.3 is 0 Å². The van der Waals surface area contributed by atoms with Crippen LogP contribution in [0.25, 0.3) is 0 Å². The van der Waals surface area contributed by atoms with Crippen LogP contribution < -0.4 is 0 Å². The molecule has 8 saturated carbocycles. The number of fused-ring (bicyclic) bond motifs is 8. The monoisotopic (exact) mass is 1110 g/mol. The van der Waals surface area contributed by atoms with E-state index in [-0.39, 0.29) is 0 Å². The van der Waals surface area contributed by atoms with Gasteiger partial charge in [-0.05, 0) is 312 Å². The summed E-state index contributed by atoms with van der Waals surface area (Å²) in [7, 11) is 0. The average molecular weight is 1110 g/mol. The van der Waals surface area contributed by atoms with Crippen LogP contribution in [0.3, 0.4) is 0 Å². The van der Waals surface area contributed by atoms with E-state index in [1.54, 1.807) is 123 Å². The Morgan fingerprint density at radius 3 is 1.07 bits per heavy atom. The van der Waals surface area contributed by atoms with E-state index in [2.05, 4.69) is 190 Å². The maximum atomic E-state index is 2.46. The third-order valence-corrected chi connectivity index (χ3v) is 30.2. The summed E-state index contributed by atoms with van der Waals surface area (Å²) in [6.07, 6.45) is 26.7. The van der Waals surface area contributed by atoms with Crippen LogP contribution in [0.15, 0.2) is 140 Å². The molecule has 12 unspecified atom stereocenters. The van der Waals surface area contributed by atoms with Crippen molar-refractivity contribution >= 4 is 0 Å². The Labute approximate surface area is 507 Å². The molecule has 1 spiro atoms. The zero-order chi connectivity index (χ0) is 58.6. The first-order chi connectivity index (χ1) is 39.4. The SMILES string of the molecule is CC1=C(C)C(C)(C)C2CCC1(C)C2.CC1=C(C)C2(C)CCC1(C)CC2.CC1=C(C)C2CC3CC4CC1CC43C2.CC1=C(C)C2CC3CCC2CC13.CC1=C(C)C2CCC1c1ccccc12.CC1=C(C)C2c3ccccc3C1c1ccccc12. The molecule has 0 N–H and O–H groups in total. The zero-order valence-corrected chi connectivity index (χ0v) is 55.7. The number of rotatable bonds is 0. The van der Waals surface area contributed by atoms with Crippen LogP contribution in [0.1, 0.15) is 290 Å². The van der Waals surface area contributed by atoms with Crippen LogP contribution in [0.4, 0.5) is 0 Å². The first-order valence-electron chi connectivity index (χ1n) is 34.7. The molecule has 3 aromatic rings. The fraction of sp³-hybridized carbons (Fsp3) is 0.639. The fourth-order valence-electron chi connectivity index (χ4n) is 23.0. The summed E-state index contributed by atoms with van der Waals surface area (Å²) < 4.78 is 0. The molecule has 0 heterocycles. The van der Waals surface area contributed by atoms with Gasteiger partial charge in [-0.25, -0.2) is 0 Å². The lowest BCUT2D eigenvalue weighted by molar-refractivity contribution is 0.00287. The first-order valence-corrected chi connectivity index (χ1v) is 34.7.